The van der Waals surface area contributed by atoms with Gasteiger partial charge in [-0.05, 0) is 18.7 Å². The van der Waals surface area contributed by atoms with E-state index in [1.54, 1.807) is 4.68 Å². The van der Waals surface area contributed by atoms with E-state index < -0.39 is 0 Å². The number of nitrogens with one attached hydrogen (secondary N) is 1. The molecule has 19 heavy (non-hydrogen) atoms. The van der Waals surface area contributed by atoms with E-state index in [0.29, 0.717) is 19.8 Å². The molecule has 0 saturated heterocycles. The van der Waals surface area contributed by atoms with Gasteiger partial charge in [-0.1, -0.05) is 35.0 Å². The zero-order chi connectivity index (χ0) is 13.5. The van der Waals surface area contributed by atoms with E-state index in [1.807, 2.05) is 37.5 Å². The monoisotopic (exact) mass is 280 g/mol. The highest BCUT2D eigenvalue weighted by molar-refractivity contribution is 6.31. The van der Waals surface area contributed by atoms with E-state index in [-0.39, 0.29) is 0 Å². The topological polar surface area (TPSA) is 52.0 Å². The second-order valence-electron chi connectivity index (χ2n) is 4.15. The first-order chi connectivity index (χ1) is 9.29. The maximum Gasteiger partial charge on any atom is 0.0964 e. The summed E-state index contributed by atoms with van der Waals surface area (Å²) in [6, 6.07) is 7.68. The summed E-state index contributed by atoms with van der Waals surface area (Å²) in [6.45, 7) is 2.49. The molecule has 0 atom stereocenters. The normalized spacial score (nSPS) is 10.8. The van der Waals surface area contributed by atoms with E-state index in [2.05, 4.69) is 15.6 Å². The molecule has 0 fully saturated rings. The first-order valence-corrected chi connectivity index (χ1v) is 6.52. The number of nitrogens with zero attached hydrogens (tertiary/aromatic N) is 3. The van der Waals surface area contributed by atoms with Crippen LogP contribution in [0.5, 0.6) is 0 Å². The standard InChI is InChI=1S/C13H17ClN4O/c1-15-8-12-9-18(17-16-12)6-7-19-10-11-4-2-3-5-13(11)14/h2-5,9,15H,6-8,10H2,1H3. The molecule has 0 unspecified atom stereocenters. The summed E-state index contributed by atoms with van der Waals surface area (Å²) in [7, 11) is 1.88. The van der Waals surface area contributed by atoms with Crippen molar-refractivity contribution < 1.29 is 4.74 Å². The molecule has 102 valence electrons. The van der Waals surface area contributed by atoms with Gasteiger partial charge in [0.25, 0.3) is 0 Å². The minimum Gasteiger partial charge on any atom is -0.375 e. The Labute approximate surface area is 117 Å². The second-order valence-corrected chi connectivity index (χ2v) is 4.55. The summed E-state index contributed by atoms with van der Waals surface area (Å²) in [4.78, 5) is 0. The Hall–Kier alpha value is -1.43. The fraction of sp³-hybridized carbons (Fsp3) is 0.385. The van der Waals surface area contributed by atoms with Gasteiger partial charge in [0, 0.05) is 17.8 Å². The molecule has 2 rings (SSSR count). The molecule has 0 aliphatic heterocycles. The van der Waals surface area contributed by atoms with Gasteiger partial charge in [-0.3, -0.25) is 0 Å². The smallest absolute Gasteiger partial charge is 0.0964 e. The summed E-state index contributed by atoms with van der Waals surface area (Å²) >= 11 is 6.04. The van der Waals surface area contributed by atoms with Crippen LogP contribution in [0.25, 0.3) is 0 Å². The Balaban J connectivity index is 1.73. The van der Waals surface area contributed by atoms with Crippen LogP contribution in [-0.2, 0) is 24.4 Å². The number of halogens is 1. The van der Waals surface area contributed by atoms with Gasteiger partial charge in [0.15, 0.2) is 0 Å². The Bertz CT molecular complexity index is 515. The van der Waals surface area contributed by atoms with Gasteiger partial charge >= 0.3 is 0 Å². The maximum atomic E-state index is 6.04. The minimum absolute atomic E-state index is 0.512. The van der Waals surface area contributed by atoms with Crippen molar-refractivity contribution in [1.29, 1.82) is 0 Å². The van der Waals surface area contributed by atoms with Gasteiger partial charge in [0.2, 0.25) is 0 Å². The van der Waals surface area contributed by atoms with Crippen molar-refractivity contribution in [3.63, 3.8) is 0 Å². The molecule has 0 spiro atoms. The lowest BCUT2D eigenvalue weighted by atomic mass is 10.2. The Morgan fingerprint density at radius 3 is 3.00 bits per heavy atom. The van der Waals surface area contributed by atoms with Gasteiger partial charge < -0.3 is 10.1 Å². The first kappa shape index (κ1) is 14.0. The van der Waals surface area contributed by atoms with Crippen LogP contribution in [0.15, 0.2) is 30.5 Å². The van der Waals surface area contributed by atoms with E-state index in [4.69, 9.17) is 16.3 Å². The van der Waals surface area contributed by atoms with Gasteiger partial charge in [-0.15, -0.1) is 5.10 Å². The summed E-state index contributed by atoms with van der Waals surface area (Å²) in [5, 5.41) is 11.8. The lowest BCUT2D eigenvalue weighted by molar-refractivity contribution is 0.110. The number of hydrogen-bond acceptors (Lipinski definition) is 4. The number of aromatic nitrogens is 3. The molecule has 1 heterocycles. The molecule has 5 nitrogen and oxygen atoms in total. The van der Waals surface area contributed by atoms with Crippen molar-refractivity contribution in [2.45, 2.75) is 19.7 Å². The Morgan fingerprint density at radius 1 is 1.37 bits per heavy atom. The van der Waals surface area contributed by atoms with Crippen molar-refractivity contribution in [3.8, 4) is 0 Å². The molecule has 1 aromatic heterocycles. The lowest BCUT2D eigenvalue weighted by Gasteiger charge is -2.05. The van der Waals surface area contributed by atoms with Crippen LogP contribution in [0, 0.1) is 0 Å². The third-order valence-corrected chi connectivity index (χ3v) is 2.99. The molecular formula is C13H17ClN4O. The first-order valence-electron chi connectivity index (χ1n) is 6.14. The number of benzene rings is 1. The zero-order valence-electron chi connectivity index (χ0n) is 10.8. The van der Waals surface area contributed by atoms with E-state index in [1.165, 1.54) is 0 Å². The fourth-order valence-corrected chi connectivity index (χ4v) is 1.86. The summed E-state index contributed by atoms with van der Waals surface area (Å²) in [6.07, 6.45) is 1.91. The predicted octanol–water partition coefficient (Wildman–Crippen LogP) is 1.87. The van der Waals surface area contributed by atoms with Crippen LogP contribution in [0.1, 0.15) is 11.3 Å². The van der Waals surface area contributed by atoms with Crippen LogP contribution >= 0.6 is 11.6 Å². The maximum absolute atomic E-state index is 6.04. The van der Waals surface area contributed by atoms with Crippen LogP contribution in [0.3, 0.4) is 0 Å². The van der Waals surface area contributed by atoms with Gasteiger partial charge in [0.05, 0.1) is 25.5 Å². The summed E-state index contributed by atoms with van der Waals surface area (Å²) in [5.74, 6) is 0. The highest BCUT2D eigenvalue weighted by Crippen LogP contribution is 2.15. The molecule has 1 aromatic carbocycles. The molecule has 0 bridgehead atoms. The molecule has 0 aliphatic carbocycles. The van der Waals surface area contributed by atoms with Gasteiger partial charge in [-0.25, -0.2) is 4.68 Å². The van der Waals surface area contributed by atoms with Crippen molar-refractivity contribution in [1.82, 2.24) is 20.3 Å². The molecule has 6 heteroatoms. The second kappa shape index (κ2) is 7.23. The number of rotatable bonds is 7. The quantitative estimate of drug-likeness (QED) is 0.787. The average molecular weight is 281 g/mol. The van der Waals surface area contributed by atoms with E-state index in [0.717, 1.165) is 22.8 Å². The van der Waals surface area contributed by atoms with Crippen molar-refractivity contribution in [2.75, 3.05) is 13.7 Å². The fourth-order valence-electron chi connectivity index (χ4n) is 1.67. The third-order valence-electron chi connectivity index (χ3n) is 2.62. The summed E-state index contributed by atoms with van der Waals surface area (Å²) < 4.78 is 7.36. The third kappa shape index (κ3) is 4.31. The average Bonchev–Trinajstić information content (AvgIpc) is 2.85. The molecule has 2 aromatic rings. The van der Waals surface area contributed by atoms with Crippen molar-refractivity contribution in [2.24, 2.45) is 0 Å². The highest BCUT2D eigenvalue weighted by atomic mass is 35.5. The van der Waals surface area contributed by atoms with Gasteiger partial charge in [0.1, 0.15) is 0 Å². The Morgan fingerprint density at radius 2 is 2.21 bits per heavy atom. The number of ether oxygens (including phenoxy) is 1. The minimum atomic E-state index is 0.512. The highest BCUT2D eigenvalue weighted by Gasteiger charge is 2.01. The van der Waals surface area contributed by atoms with Crippen LogP contribution in [0.4, 0.5) is 0 Å². The van der Waals surface area contributed by atoms with Crippen LogP contribution in [0.2, 0.25) is 5.02 Å². The molecule has 0 amide bonds. The predicted molar refractivity (Wildman–Crippen MR) is 73.9 cm³/mol. The van der Waals surface area contributed by atoms with Crippen molar-refractivity contribution >= 4 is 11.6 Å². The van der Waals surface area contributed by atoms with Gasteiger partial charge in [-0.2, -0.15) is 0 Å². The largest absolute Gasteiger partial charge is 0.375 e. The summed E-state index contributed by atoms with van der Waals surface area (Å²) in [5.41, 5.74) is 1.92. The van der Waals surface area contributed by atoms with Crippen LogP contribution in [-0.4, -0.2) is 28.6 Å². The molecule has 0 radical (unpaired) electrons. The zero-order valence-corrected chi connectivity index (χ0v) is 11.6. The molecule has 0 saturated carbocycles. The van der Waals surface area contributed by atoms with E-state index >= 15 is 0 Å². The Kier molecular flexibility index (Phi) is 5.32. The van der Waals surface area contributed by atoms with Crippen molar-refractivity contribution in [3.05, 3.63) is 46.7 Å². The molecule has 0 aliphatic rings. The molecule has 1 N–H and O–H groups in total. The number of hydrogen-bond donors (Lipinski definition) is 1. The lowest BCUT2D eigenvalue weighted by Crippen LogP contribution is -2.07. The molecular weight excluding hydrogens is 264 g/mol. The SMILES string of the molecule is CNCc1cn(CCOCc2ccccc2Cl)nn1. The van der Waals surface area contributed by atoms with E-state index in [9.17, 15) is 0 Å². The van der Waals surface area contributed by atoms with Crippen LogP contribution < -0.4 is 5.32 Å².